The van der Waals surface area contributed by atoms with E-state index in [4.69, 9.17) is 23.8 Å². The maximum atomic E-state index is 11.5. The molecule has 0 aliphatic carbocycles. The van der Waals surface area contributed by atoms with Gasteiger partial charge in [-0.2, -0.15) is 0 Å². The van der Waals surface area contributed by atoms with E-state index in [9.17, 15) is 9.36 Å². The first kappa shape index (κ1) is 23.3. The Morgan fingerprint density at radius 1 is 1.08 bits per heavy atom. The van der Waals surface area contributed by atoms with E-state index in [1.165, 1.54) is 0 Å². The fourth-order valence-corrected chi connectivity index (χ4v) is 3.42. The van der Waals surface area contributed by atoms with Gasteiger partial charge in [-0.1, -0.05) is 6.58 Å². The quantitative estimate of drug-likeness (QED) is 0.347. The number of hydrogen-bond acceptors (Lipinski definition) is 5. The summed E-state index contributed by atoms with van der Waals surface area (Å²) in [5.74, 6) is -0.442. The maximum Gasteiger partial charge on any atom is 0.470 e. The number of hydrogen-bond donors (Lipinski definition) is 2. The van der Waals surface area contributed by atoms with Crippen LogP contribution in [0.5, 0.6) is 0 Å². The smallest absolute Gasteiger partial charge is 0.459 e. The van der Waals surface area contributed by atoms with Gasteiger partial charge in [0.25, 0.3) is 0 Å². The lowest BCUT2D eigenvalue weighted by Crippen LogP contribution is -2.37. The molecule has 2 unspecified atom stereocenters. The Balaban J connectivity index is 4.60. The Hall–Kier alpha value is -0.720. The van der Waals surface area contributed by atoms with Gasteiger partial charge in [-0.15, -0.1) is 0 Å². The van der Waals surface area contributed by atoms with Crippen molar-refractivity contribution in [2.45, 2.75) is 84.7 Å². The molecule has 0 bridgehead atoms. The summed E-state index contributed by atoms with van der Waals surface area (Å²) < 4.78 is 27.0. The summed E-state index contributed by atoms with van der Waals surface area (Å²) in [6.45, 7) is 15.6. The molecule has 0 spiro atoms. The highest BCUT2D eigenvalue weighted by Crippen LogP contribution is 2.43. The van der Waals surface area contributed by atoms with Gasteiger partial charge in [0.1, 0.15) is 6.10 Å². The second-order valence-corrected chi connectivity index (χ2v) is 8.60. The van der Waals surface area contributed by atoms with Gasteiger partial charge in [0.2, 0.25) is 0 Å². The summed E-state index contributed by atoms with van der Waals surface area (Å²) in [6.07, 6.45) is 0.0961. The van der Waals surface area contributed by atoms with Gasteiger partial charge in [0, 0.05) is 18.4 Å². The van der Waals surface area contributed by atoms with E-state index >= 15 is 0 Å². The van der Waals surface area contributed by atoms with Crippen molar-refractivity contribution in [1.82, 2.24) is 0 Å². The van der Waals surface area contributed by atoms with Crippen LogP contribution in [-0.4, -0.2) is 39.2 Å². The van der Waals surface area contributed by atoms with Crippen molar-refractivity contribution in [3.63, 3.8) is 0 Å². The van der Waals surface area contributed by atoms with Gasteiger partial charge in [0.05, 0.1) is 17.3 Å². The van der Waals surface area contributed by atoms with Crippen molar-refractivity contribution in [2.24, 2.45) is 0 Å². The highest BCUT2D eigenvalue weighted by molar-refractivity contribution is 7.46. The Morgan fingerprint density at radius 3 is 1.96 bits per heavy atom. The van der Waals surface area contributed by atoms with E-state index < -0.39 is 25.0 Å². The standard InChI is InChI=1S/C16H31O7P/c1-11(2)14(17)21-12(3)9-15(5,6)22-13(4)10-16(7,8)23-24(18,19)20/h12-13H,1,9-10H2,2-8H3,(H2,18,19,20). The molecule has 0 heterocycles. The minimum absolute atomic E-state index is 0.293. The Kier molecular flexibility index (Phi) is 8.33. The van der Waals surface area contributed by atoms with Crippen LogP contribution < -0.4 is 0 Å². The van der Waals surface area contributed by atoms with Gasteiger partial charge in [-0.05, 0) is 48.5 Å². The summed E-state index contributed by atoms with van der Waals surface area (Å²) in [7, 11) is -4.56. The molecule has 2 N–H and O–H groups in total. The number of carbonyl (C=O) groups excluding carboxylic acids is 1. The minimum atomic E-state index is -4.56. The minimum Gasteiger partial charge on any atom is -0.459 e. The van der Waals surface area contributed by atoms with E-state index in [0.29, 0.717) is 18.4 Å². The SMILES string of the molecule is C=C(C)C(=O)OC(C)CC(C)(C)OC(C)CC(C)(C)OP(=O)(O)O. The molecule has 142 valence electrons. The molecular weight excluding hydrogens is 335 g/mol. The Morgan fingerprint density at radius 2 is 1.54 bits per heavy atom. The van der Waals surface area contributed by atoms with Crippen LogP contribution >= 0.6 is 7.82 Å². The average Bonchev–Trinajstić information content (AvgIpc) is 2.20. The Bertz CT molecular complexity index is 493. The summed E-state index contributed by atoms with van der Waals surface area (Å²) in [5.41, 5.74) is -1.29. The molecule has 0 rings (SSSR count). The third kappa shape index (κ3) is 10.9. The van der Waals surface area contributed by atoms with Crippen molar-refractivity contribution < 1.29 is 33.1 Å². The first-order valence-corrected chi connectivity index (χ1v) is 9.37. The zero-order valence-electron chi connectivity index (χ0n) is 15.7. The fraction of sp³-hybridized carbons (Fsp3) is 0.812. The number of carbonyl (C=O) groups is 1. The fourth-order valence-electron chi connectivity index (χ4n) is 2.70. The van der Waals surface area contributed by atoms with E-state index in [-0.39, 0.29) is 12.2 Å². The molecule has 0 aliphatic rings. The first-order valence-electron chi connectivity index (χ1n) is 7.83. The number of phosphoric acid groups is 1. The number of esters is 1. The molecule has 0 amide bonds. The molecule has 2 atom stereocenters. The van der Waals surface area contributed by atoms with Crippen LogP contribution in [-0.2, 0) is 23.4 Å². The van der Waals surface area contributed by atoms with E-state index in [1.54, 1.807) is 34.6 Å². The predicted octanol–water partition coefficient (Wildman–Crippen LogP) is 3.35. The monoisotopic (exact) mass is 366 g/mol. The second kappa shape index (κ2) is 8.59. The van der Waals surface area contributed by atoms with Crippen molar-refractivity contribution in [1.29, 1.82) is 0 Å². The maximum absolute atomic E-state index is 11.5. The molecule has 0 aromatic rings. The molecule has 0 radical (unpaired) electrons. The summed E-state index contributed by atoms with van der Waals surface area (Å²) in [4.78, 5) is 29.4. The molecule has 7 nitrogen and oxygen atoms in total. The topological polar surface area (TPSA) is 102 Å². The second-order valence-electron chi connectivity index (χ2n) is 7.43. The van der Waals surface area contributed by atoms with Crippen LogP contribution in [0, 0.1) is 0 Å². The molecule has 8 heteroatoms. The molecule has 0 aliphatic heterocycles. The molecule has 24 heavy (non-hydrogen) atoms. The van der Waals surface area contributed by atoms with Crippen LogP contribution in [0.4, 0.5) is 0 Å². The number of rotatable bonds is 10. The van der Waals surface area contributed by atoms with Gasteiger partial charge in [-0.3, -0.25) is 4.52 Å². The molecular formula is C16H31O7P. The van der Waals surface area contributed by atoms with Crippen LogP contribution in [0.15, 0.2) is 12.2 Å². The average molecular weight is 366 g/mol. The lowest BCUT2D eigenvalue weighted by Gasteiger charge is -2.35. The van der Waals surface area contributed by atoms with Gasteiger partial charge < -0.3 is 19.3 Å². The van der Waals surface area contributed by atoms with E-state index in [2.05, 4.69) is 6.58 Å². The zero-order valence-corrected chi connectivity index (χ0v) is 16.6. The lowest BCUT2D eigenvalue weighted by atomic mass is 9.98. The van der Waals surface area contributed by atoms with Crippen molar-refractivity contribution in [2.75, 3.05) is 0 Å². The van der Waals surface area contributed by atoms with Gasteiger partial charge in [-0.25, -0.2) is 9.36 Å². The highest BCUT2D eigenvalue weighted by Gasteiger charge is 2.33. The third-order valence-electron chi connectivity index (χ3n) is 3.10. The van der Waals surface area contributed by atoms with Crippen molar-refractivity contribution >= 4 is 13.8 Å². The molecule has 0 fully saturated rings. The predicted molar refractivity (Wildman–Crippen MR) is 91.4 cm³/mol. The van der Waals surface area contributed by atoms with Crippen LogP contribution in [0.1, 0.15) is 61.3 Å². The van der Waals surface area contributed by atoms with E-state index in [0.717, 1.165) is 0 Å². The number of ether oxygens (including phenoxy) is 2. The largest absolute Gasteiger partial charge is 0.470 e. The first-order chi connectivity index (χ1) is 10.5. The molecule has 0 saturated carbocycles. The lowest BCUT2D eigenvalue weighted by molar-refractivity contribution is -0.149. The van der Waals surface area contributed by atoms with Crippen LogP contribution in [0.2, 0.25) is 0 Å². The highest BCUT2D eigenvalue weighted by atomic mass is 31.2. The summed E-state index contributed by atoms with van der Waals surface area (Å²) >= 11 is 0. The van der Waals surface area contributed by atoms with Crippen LogP contribution in [0.25, 0.3) is 0 Å². The van der Waals surface area contributed by atoms with Crippen molar-refractivity contribution in [3.05, 3.63) is 12.2 Å². The zero-order chi connectivity index (χ0) is 19.3. The summed E-state index contributed by atoms with van der Waals surface area (Å²) in [5, 5.41) is 0. The normalized spacial score (nSPS) is 15.7. The van der Waals surface area contributed by atoms with Crippen molar-refractivity contribution in [3.8, 4) is 0 Å². The molecule has 0 aromatic carbocycles. The molecule has 0 saturated heterocycles. The Labute approximate surface area is 144 Å². The number of phosphoric ester groups is 1. The summed E-state index contributed by atoms with van der Waals surface area (Å²) in [6, 6.07) is 0. The van der Waals surface area contributed by atoms with Gasteiger partial charge in [0.15, 0.2) is 0 Å². The van der Waals surface area contributed by atoms with E-state index in [1.807, 2.05) is 13.8 Å². The van der Waals surface area contributed by atoms with Gasteiger partial charge >= 0.3 is 13.8 Å². The molecule has 0 aromatic heterocycles. The van der Waals surface area contributed by atoms with Crippen LogP contribution in [0.3, 0.4) is 0 Å². The third-order valence-corrected chi connectivity index (χ3v) is 3.83.